The lowest BCUT2D eigenvalue weighted by Gasteiger charge is -2.35. The summed E-state index contributed by atoms with van der Waals surface area (Å²) >= 11 is 8.20. The van der Waals surface area contributed by atoms with Crippen LogP contribution in [0.3, 0.4) is 0 Å². The molecule has 2 aromatic rings. The molecule has 1 heterocycles. The first kappa shape index (κ1) is 21.7. The van der Waals surface area contributed by atoms with Crippen LogP contribution < -0.4 is 0 Å². The maximum Gasteiger partial charge on any atom is 0.267 e. The van der Waals surface area contributed by atoms with Gasteiger partial charge in [-0.1, -0.05) is 53.9 Å². The standard InChI is InChI=1S/C23H22Br2N2O2S/c1-14-7-5-6-10-19(14)27-22(29)20(12-15-11-16(24)13-18(25)21(15)28)30-23(27)26-17-8-3-2-4-9-17/h2-4,8-9,11-14,19,28H,5-7,10H2,1H3/b20-12-,26-23?/t14-,19-/m1/s1. The van der Waals surface area contributed by atoms with Crippen molar-refractivity contribution in [1.82, 2.24) is 4.90 Å². The van der Waals surface area contributed by atoms with Gasteiger partial charge in [0.15, 0.2) is 5.17 Å². The third kappa shape index (κ3) is 4.53. The molecular formula is C23H22Br2N2O2S. The number of hydrogen-bond donors (Lipinski definition) is 1. The summed E-state index contributed by atoms with van der Waals surface area (Å²) in [5.41, 5.74) is 1.42. The third-order valence-electron chi connectivity index (χ3n) is 5.56. The highest BCUT2D eigenvalue weighted by atomic mass is 79.9. The van der Waals surface area contributed by atoms with Crippen molar-refractivity contribution >= 4 is 66.5 Å². The maximum atomic E-state index is 13.5. The Morgan fingerprint density at radius 2 is 1.90 bits per heavy atom. The molecule has 2 aliphatic rings. The van der Waals surface area contributed by atoms with Crippen molar-refractivity contribution in [3.05, 3.63) is 61.9 Å². The highest BCUT2D eigenvalue weighted by molar-refractivity contribution is 9.11. The minimum absolute atomic E-state index is 0.0380. The van der Waals surface area contributed by atoms with Gasteiger partial charge < -0.3 is 5.11 Å². The molecule has 0 radical (unpaired) electrons. The van der Waals surface area contributed by atoms with Crippen LogP contribution in [0, 0.1) is 5.92 Å². The number of nitrogens with zero attached hydrogens (tertiary/aromatic N) is 2. The van der Waals surface area contributed by atoms with Gasteiger partial charge in [-0.2, -0.15) is 0 Å². The minimum Gasteiger partial charge on any atom is -0.506 e. The van der Waals surface area contributed by atoms with Gasteiger partial charge >= 0.3 is 0 Å². The number of aromatic hydroxyl groups is 1. The van der Waals surface area contributed by atoms with Crippen LogP contribution in [0.25, 0.3) is 6.08 Å². The summed E-state index contributed by atoms with van der Waals surface area (Å²) in [6.45, 7) is 2.22. The first-order chi connectivity index (χ1) is 14.4. The molecule has 0 aromatic heterocycles. The Bertz CT molecular complexity index is 1020. The highest BCUT2D eigenvalue weighted by Gasteiger charge is 2.41. The molecule has 2 aromatic carbocycles. The zero-order valence-electron chi connectivity index (χ0n) is 16.5. The summed E-state index contributed by atoms with van der Waals surface area (Å²) in [6.07, 6.45) is 6.20. The van der Waals surface area contributed by atoms with Crippen LogP contribution in [0.4, 0.5) is 5.69 Å². The summed E-state index contributed by atoms with van der Waals surface area (Å²) in [4.78, 5) is 20.8. The lowest BCUT2D eigenvalue weighted by molar-refractivity contribution is -0.124. The predicted octanol–water partition coefficient (Wildman–Crippen LogP) is 7.10. The molecule has 0 spiro atoms. The van der Waals surface area contributed by atoms with Crippen molar-refractivity contribution in [2.45, 2.75) is 38.6 Å². The Morgan fingerprint density at radius 1 is 1.17 bits per heavy atom. The van der Waals surface area contributed by atoms with E-state index in [1.54, 1.807) is 18.2 Å². The fourth-order valence-corrected chi connectivity index (χ4v) is 6.28. The van der Waals surface area contributed by atoms with Crippen molar-refractivity contribution in [3.63, 3.8) is 0 Å². The van der Waals surface area contributed by atoms with Gasteiger partial charge in [-0.05, 0) is 76.8 Å². The van der Waals surface area contributed by atoms with Crippen molar-refractivity contribution in [2.24, 2.45) is 10.9 Å². The fraction of sp³-hybridized carbons (Fsp3) is 0.304. The van der Waals surface area contributed by atoms with Crippen LogP contribution >= 0.6 is 43.6 Å². The van der Waals surface area contributed by atoms with Crippen molar-refractivity contribution in [1.29, 1.82) is 0 Å². The molecule has 4 rings (SSSR count). The fourth-order valence-electron chi connectivity index (χ4n) is 3.99. The number of amides is 1. The maximum absolute atomic E-state index is 13.5. The monoisotopic (exact) mass is 548 g/mol. The Balaban J connectivity index is 1.76. The molecule has 1 aliphatic heterocycles. The normalized spacial score (nSPS) is 24.8. The van der Waals surface area contributed by atoms with Crippen LogP contribution in [0.2, 0.25) is 0 Å². The van der Waals surface area contributed by atoms with E-state index in [2.05, 4.69) is 38.8 Å². The Hall–Kier alpha value is -1.57. The molecule has 1 saturated carbocycles. The SMILES string of the molecule is C[C@@H]1CCCC[C@H]1N1C(=O)/C(=C/c2cc(Br)cc(Br)c2O)SC1=Nc1ccccc1. The number of benzene rings is 2. The Kier molecular flexibility index (Phi) is 6.70. The van der Waals surface area contributed by atoms with Gasteiger partial charge in [0.1, 0.15) is 5.75 Å². The zero-order chi connectivity index (χ0) is 21.3. The minimum atomic E-state index is -0.0380. The van der Waals surface area contributed by atoms with E-state index in [0.29, 0.717) is 26.0 Å². The second-order valence-corrected chi connectivity index (χ2v) is 10.4. The van der Waals surface area contributed by atoms with Crippen LogP contribution in [0.5, 0.6) is 5.75 Å². The number of halogens is 2. The van der Waals surface area contributed by atoms with Crippen LogP contribution in [0.1, 0.15) is 38.2 Å². The number of phenolic OH excluding ortho intramolecular Hbond substituents is 1. The topological polar surface area (TPSA) is 52.9 Å². The number of hydrogen-bond acceptors (Lipinski definition) is 4. The second-order valence-electron chi connectivity index (χ2n) is 7.67. The van der Waals surface area contributed by atoms with E-state index in [4.69, 9.17) is 4.99 Å². The van der Waals surface area contributed by atoms with Crippen molar-refractivity contribution in [3.8, 4) is 5.75 Å². The third-order valence-corrected chi connectivity index (χ3v) is 7.61. The summed E-state index contributed by atoms with van der Waals surface area (Å²) in [5, 5.41) is 11.2. The number of para-hydroxylation sites is 1. The Morgan fingerprint density at radius 3 is 2.63 bits per heavy atom. The summed E-state index contributed by atoms with van der Waals surface area (Å²) < 4.78 is 1.40. The largest absolute Gasteiger partial charge is 0.506 e. The predicted molar refractivity (Wildman–Crippen MR) is 131 cm³/mol. The molecule has 1 aliphatic carbocycles. The van der Waals surface area contributed by atoms with Gasteiger partial charge in [-0.25, -0.2) is 4.99 Å². The van der Waals surface area contributed by atoms with Crippen LogP contribution in [-0.2, 0) is 4.79 Å². The average molecular weight is 550 g/mol. The first-order valence-corrected chi connectivity index (χ1v) is 12.4. The molecule has 2 fully saturated rings. The van der Waals surface area contributed by atoms with E-state index in [0.717, 1.165) is 29.4 Å². The van der Waals surface area contributed by atoms with E-state index < -0.39 is 0 Å². The van der Waals surface area contributed by atoms with Gasteiger partial charge in [-0.15, -0.1) is 0 Å². The quantitative estimate of drug-likeness (QED) is 0.415. The summed E-state index contributed by atoms with van der Waals surface area (Å²) in [5.74, 6) is 0.506. The van der Waals surface area contributed by atoms with Gasteiger partial charge in [0.25, 0.3) is 5.91 Å². The van der Waals surface area contributed by atoms with Gasteiger partial charge in [0, 0.05) is 16.1 Å². The second kappa shape index (κ2) is 9.28. The molecule has 4 nitrogen and oxygen atoms in total. The molecule has 7 heteroatoms. The molecular weight excluding hydrogens is 528 g/mol. The van der Waals surface area contributed by atoms with Gasteiger partial charge in [0.2, 0.25) is 0 Å². The van der Waals surface area contributed by atoms with E-state index in [-0.39, 0.29) is 17.7 Å². The van der Waals surface area contributed by atoms with E-state index >= 15 is 0 Å². The molecule has 0 bridgehead atoms. The van der Waals surface area contributed by atoms with E-state index in [9.17, 15) is 9.90 Å². The zero-order valence-corrected chi connectivity index (χ0v) is 20.5. The van der Waals surface area contributed by atoms with Crippen LogP contribution in [0.15, 0.2) is 61.3 Å². The number of phenols is 1. The molecule has 2 atom stereocenters. The lowest BCUT2D eigenvalue weighted by atomic mass is 9.85. The molecule has 1 N–H and O–H groups in total. The number of thioether (sulfide) groups is 1. The number of carbonyl (C=O) groups is 1. The number of aliphatic imine (C=N–C) groups is 1. The molecule has 1 amide bonds. The summed E-state index contributed by atoms with van der Waals surface area (Å²) in [6, 6.07) is 13.5. The molecule has 0 unspecified atom stereocenters. The number of amidine groups is 1. The van der Waals surface area contributed by atoms with Crippen molar-refractivity contribution < 1.29 is 9.90 Å². The highest BCUT2D eigenvalue weighted by Crippen LogP contribution is 2.41. The molecule has 30 heavy (non-hydrogen) atoms. The Labute approximate surface area is 197 Å². The smallest absolute Gasteiger partial charge is 0.267 e. The average Bonchev–Trinajstić information content (AvgIpc) is 3.02. The van der Waals surface area contributed by atoms with Gasteiger partial charge in [0.05, 0.1) is 15.1 Å². The molecule has 1 saturated heterocycles. The lowest BCUT2D eigenvalue weighted by Crippen LogP contribution is -2.44. The van der Waals surface area contributed by atoms with E-state index in [1.807, 2.05) is 35.2 Å². The number of rotatable bonds is 3. The first-order valence-electron chi connectivity index (χ1n) is 9.99. The number of carbonyl (C=O) groups excluding carboxylic acids is 1. The van der Waals surface area contributed by atoms with Gasteiger partial charge in [-0.3, -0.25) is 9.69 Å². The van der Waals surface area contributed by atoms with Crippen LogP contribution in [-0.4, -0.2) is 27.1 Å². The summed E-state index contributed by atoms with van der Waals surface area (Å²) in [7, 11) is 0. The van der Waals surface area contributed by atoms with E-state index in [1.165, 1.54) is 18.2 Å². The van der Waals surface area contributed by atoms with Crippen molar-refractivity contribution in [2.75, 3.05) is 0 Å². The molecule has 156 valence electrons.